The molecule has 10 atom stereocenters. The first-order valence-electron chi connectivity index (χ1n) is 14.2. The molecule has 0 unspecified atom stereocenters. The van der Waals surface area contributed by atoms with Crippen LogP contribution in [0.25, 0.3) is 0 Å². The molecule has 47 heavy (non-hydrogen) atoms. The summed E-state index contributed by atoms with van der Waals surface area (Å²) in [6, 6.07) is 0. The van der Waals surface area contributed by atoms with E-state index in [-0.39, 0.29) is 0 Å². The lowest BCUT2D eigenvalue weighted by atomic mass is 9.96. The second-order valence-electron chi connectivity index (χ2n) is 10.3. The fraction of sp³-hybridized carbons (Fsp3) is 0.714. The molecule has 2 saturated heterocycles. The van der Waals surface area contributed by atoms with E-state index in [4.69, 9.17) is 52.1 Å². The first-order chi connectivity index (χ1) is 21.9. The van der Waals surface area contributed by atoms with Crippen LogP contribution >= 0.6 is 0 Å². The highest BCUT2D eigenvalue weighted by Gasteiger charge is 2.58. The van der Waals surface area contributed by atoms with Crippen molar-refractivity contribution in [2.75, 3.05) is 13.2 Å². The molecule has 0 amide bonds. The Hall–Kier alpha value is -4.36. The highest BCUT2D eigenvalue weighted by molar-refractivity contribution is 5.69. The average Bonchev–Trinajstić information content (AvgIpc) is 2.91. The number of carbonyl (C=O) groups excluding carboxylic acids is 8. The number of esters is 8. The van der Waals surface area contributed by atoms with Gasteiger partial charge in [-0.3, -0.25) is 38.4 Å². The topological polar surface area (TPSA) is 238 Å². The smallest absolute Gasteiger partial charge is 0.305 e. The molecule has 0 aromatic rings. The van der Waals surface area contributed by atoms with Crippen LogP contribution in [0.15, 0.2) is 0 Å². The van der Waals surface area contributed by atoms with E-state index < -0.39 is 122 Å². The van der Waals surface area contributed by atoms with Crippen LogP contribution in [-0.4, -0.2) is 122 Å². The van der Waals surface area contributed by atoms with Gasteiger partial charge < -0.3 is 52.1 Å². The van der Waals surface area contributed by atoms with Crippen LogP contribution in [0.2, 0.25) is 0 Å². The zero-order valence-electron chi connectivity index (χ0n) is 26.9. The number of carbonyl (C=O) groups is 8. The maximum atomic E-state index is 12.3. The van der Waals surface area contributed by atoms with Crippen molar-refractivity contribution in [1.82, 2.24) is 0 Å². The summed E-state index contributed by atoms with van der Waals surface area (Å²) in [4.78, 5) is 96.4. The predicted octanol–water partition coefficient (Wildman–Crippen LogP) is -0.831. The summed E-state index contributed by atoms with van der Waals surface area (Å²) in [5, 5.41) is 0. The maximum absolute atomic E-state index is 12.3. The Morgan fingerprint density at radius 2 is 0.702 bits per heavy atom. The summed E-state index contributed by atoms with van der Waals surface area (Å²) < 4.78 is 60.2. The predicted molar refractivity (Wildman–Crippen MR) is 145 cm³/mol. The number of rotatable bonds is 12. The molecule has 0 aromatic carbocycles. The van der Waals surface area contributed by atoms with Crippen molar-refractivity contribution < 1.29 is 90.5 Å². The van der Waals surface area contributed by atoms with Crippen molar-refractivity contribution in [2.24, 2.45) is 0 Å². The zero-order valence-corrected chi connectivity index (χ0v) is 26.9. The van der Waals surface area contributed by atoms with E-state index in [1.807, 2.05) is 0 Å². The van der Waals surface area contributed by atoms with E-state index in [0.29, 0.717) is 0 Å². The summed E-state index contributed by atoms with van der Waals surface area (Å²) in [6.07, 6.45) is -16.4. The molecule has 2 aliphatic heterocycles. The van der Waals surface area contributed by atoms with Crippen LogP contribution < -0.4 is 0 Å². The lowest BCUT2D eigenvalue weighted by Gasteiger charge is -2.48. The van der Waals surface area contributed by atoms with Gasteiger partial charge in [0.2, 0.25) is 6.29 Å². The molecule has 0 aliphatic carbocycles. The summed E-state index contributed by atoms with van der Waals surface area (Å²) in [6.45, 7) is 7.06. The van der Waals surface area contributed by atoms with Gasteiger partial charge in [0.15, 0.2) is 36.8 Å². The first kappa shape index (κ1) is 38.8. The average molecular weight is 679 g/mol. The van der Waals surface area contributed by atoms with Gasteiger partial charge in [-0.05, 0) is 0 Å². The summed E-state index contributed by atoms with van der Waals surface area (Å²) in [7, 11) is 0. The van der Waals surface area contributed by atoms with E-state index in [1.54, 1.807) is 0 Å². The number of hydrogen-bond acceptors (Lipinski definition) is 19. The zero-order chi connectivity index (χ0) is 35.6. The Balaban J connectivity index is 2.75. The van der Waals surface area contributed by atoms with Crippen LogP contribution in [0, 0.1) is 0 Å². The molecule has 0 radical (unpaired) electrons. The van der Waals surface area contributed by atoms with Crippen molar-refractivity contribution >= 4 is 47.8 Å². The molecule has 264 valence electrons. The van der Waals surface area contributed by atoms with Gasteiger partial charge in [0.05, 0.1) is 0 Å². The van der Waals surface area contributed by atoms with Crippen LogP contribution in [0.5, 0.6) is 0 Å². The van der Waals surface area contributed by atoms with Crippen molar-refractivity contribution in [3.05, 3.63) is 0 Å². The van der Waals surface area contributed by atoms with Gasteiger partial charge in [0.25, 0.3) is 0 Å². The van der Waals surface area contributed by atoms with Crippen LogP contribution in [-0.2, 0) is 90.5 Å². The molecule has 2 aliphatic rings. The van der Waals surface area contributed by atoms with Gasteiger partial charge >= 0.3 is 47.8 Å². The maximum Gasteiger partial charge on any atom is 0.305 e. The van der Waals surface area contributed by atoms with Crippen LogP contribution in [0.1, 0.15) is 55.4 Å². The van der Waals surface area contributed by atoms with Crippen molar-refractivity contribution in [3.63, 3.8) is 0 Å². The van der Waals surface area contributed by atoms with Gasteiger partial charge in [-0.1, -0.05) is 0 Å². The Kier molecular flexibility index (Phi) is 14.5. The molecule has 19 nitrogen and oxygen atoms in total. The summed E-state index contributed by atoms with van der Waals surface area (Å²) in [5.74, 6) is -7.04. The first-order valence-corrected chi connectivity index (χ1v) is 14.2. The minimum atomic E-state index is -1.86. The molecule has 0 bridgehead atoms. The highest BCUT2D eigenvalue weighted by atomic mass is 16.8. The lowest BCUT2D eigenvalue weighted by Crippen LogP contribution is -2.67. The van der Waals surface area contributed by atoms with E-state index in [2.05, 4.69) is 0 Å². The van der Waals surface area contributed by atoms with Crippen LogP contribution in [0.4, 0.5) is 0 Å². The largest absolute Gasteiger partial charge is 0.463 e. The minimum absolute atomic E-state index is 0.587. The Bertz CT molecular complexity index is 1200. The van der Waals surface area contributed by atoms with E-state index >= 15 is 0 Å². The summed E-state index contributed by atoms with van der Waals surface area (Å²) >= 11 is 0. The van der Waals surface area contributed by atoms with Gasteiger partial charge in [-0.25, -0.2) is 0 Å². The van der Waals surface area contributed by atoms with Gasteiger partial charge in [0, 0.05) is 55.4 Å². The molecule has 2 rings (SSSR count). The van der Waals surface area contributed by atoms with Crippen molar-refractivity contribution in [1.29, 1.82) is 0 Å². The van der Waals surface area contributed by atoms with E-state index in [1.165, 1.54) is 0 Å². The van der Waals surface area contributed by atoms with Gasteiger partial charge in [-0.15, -0.1) is 0 Å². The van der Waals surface area contributed by atoms with Crippen molar-refractivity contribution in [3.8, 4) is 0 Å². The fourth-order valence-corrected chi connectivity index (χ4v) is 4.73. The quantitative estimate of drug-likeness (QED) is 0.181. The highest BCUT2D eigenvalue weighted by Crippen LogP contribution is 2.35. The van der Waals surface area contributed by atoms with Gasteiger partial charge in [-0.2, -0.15) is 0 Å². The third kappa shape index (κ3) is 12.1. The molecule has 2 heterocycles. The number of ether oxygens (including phenoxy) is 11. The molecule has 0 spiro atoms. The second kappa shape index (κ2) is 17.5. The van der Waals surface area contributed by atoms with Gasteiger partial charge in [0.1, 0.15) is 31.5 Å². The standard InChI is InChI=1S/C28H38O19/c1-11(29)37-9-19-21(39-13(3)31)23(41-15(5)33)25(42-16(6)34)28(46-19)47-24-22(40-14(4)32)20(10-38-12(2)30)45-27(44-18(8)36)26(24)43-17(7)35/h19-28H,9-10H2,1-8H3/t19-,20+,21-,22+,23+,24-,25-,26+,27+,28+/m1/s1. The second-order valence-corrected chi connectivity index (χ2v) is 10.3. The molecular weight excluding hydrogens is 640 g/mol. The minimum Gasteiger partial charge on any atom is -0.463 e. The normalized spacial score (nSPS) is 30.0. The SMILES string of the molecule is CC(=O)OC[C@@H]1O[C@H](OC(C)=O)[C@@H](OC(C)=O)[C@H](O[C@@H]2O[C@H](COC(C)=O)[C@@H](OC(C)=O)[C@H](OC(C)=O)[C@H]2OC(C)=O)[C@H]1OC(C)=O. The molecule has 0 N–H and O–H groups in total. The molecule has 0 aromatic heterocycles. The van der Waals surface area contributed by atoms with E-state index in [9.17, 15) is 38.4 Å². The monoisotopic (exact) mass is 678 g/mol. The van der Waals surface area contributed by atoms with E-state index in [0.717, 1.165) is 55.4 Å². The molecular formula is C28H38O19. The molecule has 2 fully saturated rings. The molecule has 19 heteroatoms. The Labute approximate surface area is 268 Å². The third-order valence-electron chi connectivity index (χ3n) is 6.17. The lowest BCUT2D eigenvalue weighted by molar-refractivity contribution is -0.358. The third-order valence-corrected chi connectivity index (χ3v) is 6.17. The summed E-state index contributed by atoms with van der Waals surface area (Å²) in [5.41, 5.74) is 0. The molecule has 0 saturated carbocycles. The number of hydrogen-bond donors (Lipinski definition) is 0. The Morgan fingerprint density at radius 3 is 1.09 bits per heavy atom. The fourth-order valence-electron chi connectivity index (χ4n) is 4.73. The van der Waals surface area contributed by atoms with Crippen molar-refractivity contribution in [2.45, 2.75) is 117 Å². The van der Waals surface area contributed by atoms with Crippen LogP contribution in [0.3, 0.4) is 0 Å². The Morgan fingerprint density at radius 1 is 0.383 bits per heavy atom.